The van der Waals surface area contributed by atoms with Gasteiger partial charge in [-0.2, -0.15) is 4.39 Å². The van der Waals surface area contributed by atoms with Crippen molar-refractivity contribution in [2.45, 2.75) is 18.9 Å². The number of esters is 1. The predicted molar refractivity (Wildman–Crippen MR) is 97.5 cm³/mol. The Morgan fingerprint density at radius 1 is 1.00 bits per heavy atom. The van der Waals surface area contributed by atoms with Gasteiger partial charge in [0.1, 0.15) is 17.1 Å². The number of alkyl halides is 5. The number of carbonyl (C=O) groups is 1. The molecule has 0 aliphatic carbocycles. The van der Waals surface area contributed by atoms with Crippen LogP contribution in [0, 0.1) is 5.82 Å². The molecular weight excluding hydrogens is 510 g/mol. The van der Waals surface area contributed by atoms with E-state index in [2.05, 4.69) is 14.2 Å². The van der Waals surface area contributed by atoms with Crippen molar-refractivity contribution in [3.8, 4) is 28.7 Å². The van der Waals surface area contributed by atoms with Crippen LogP contribution in [0.3, 0.4) is 0 Å². The summed E-state index contributed by atoms with van der Waals surface area (Å²) in [6.07, 6.45) is -12.8. The van der Waals surface area contributed by atoms with Gasteiger partial charge in [-0.25, -0.2) is 13.6 Å². The van der Waals surface area contributed by atoms with Gasteiger partial charge in [-0.15, -0.1) is 13.2 Å². The number of methoxy groups -OCH3 is 2. The number of hydrogen-bond donors (Lipinski definition) is 3. The molecule has 16 heteroatoms. The minimum absolute atomic E-state index is 0.364. The van der Waals surface area contributed by atoms with Gasteiger partial charge in [0.25, 0.3) is 6.43 Å². The quantitative estimate of drug-likeness (QED) is 0.269. The Kier molecular flexibility index (Phi) is 7.98. The van der Waals surface area contributed by atoms with E-state index in [0.717, 1.165) is 14.2 Å². The van der Waals surface area contributed by atoms with Crippen LogP contribution in [-0.2, 0) is 4.74 Å². The third kappa shape index (κ3) is 6.25. The lowest BCUT2D eigenvalue weighted by Gasteiger charge is -2.22. The largest absolute Gasteiger partial charge is 0.573 e. The van der Waals surface area contributed by atoms with Crippen LogP contribution >= 0.6 is 11.6 Å². The molecule has 2 rings (SSSR count). The topological polar surface area (TPSA) is 124 Å². The summed E-state index contributed by atoms with van der Waals surface area (Å²) < 4.78 is 101. The van der Waals surface area contributed by atoms with Crippen LogP contribution in [0.5, 0.6) is 28.7 Å². The standard InChI is InChI=1S/C18H13ClF6O9/c1-30-14-10(15(21)22)6(19)5-9(11(14)16(26)31-2)32-8-4-3-7(33-17(23,24)25)12(20)13(8)34-18(27,28)29/h3-5,15,27-29H,1-2H3. The normalized spacial score (nSPS) is 11.9. The number of ether oxygens (including phenoxy) is 5. The number of halogens is 7. The average Bonchev–Trinajstić information content (AvgIpc) is 2.69. The molecule has 0 saturated heterocycles. The smallest absolute Gasteiger partial charge is 0.495 e. The zero-order valence-electron chi connectivity index (χ0n) is 16.7. The molecule has 0 amide bonds. The molecule has 2 aromatic carbocycles. The Morgan fingerprint density at radius 3 is 2.06 bits per heavy atom. The average molecular weight is 523 g/mol. The second-order valence-corrected chi connectivity index (χ2v) is 6.41. The third-order valence-corrected chi connectivity index (χ3v) is 4.07. The monoisotopic (exact) mass is 522 g/mol. The second-order valence-electron chi connectivity index (χ2n) is 6.00. The molecule has 9 nitrogen and oxygen atoms in total. The first-order valence-corrected chi connectivity index (χ1v) is 8.86. The molecule has 2 aromatic rings. The lowest BCUT2D eigenvalue weighted by molar-refractivity contribution is -0.420. The van der Waals surface area contributed by atoms with Crippen molar-refractivity contribution in [1.82, 2.24) is 0 Å². The summed E-state index contributed by atoms with van der Waals surface area (Å²) in [5.41, 5.74) is -1.76. The maximum Gasteiger partial charge on any atom is 0.573 e. The van der Waals surface area contributed by atoms with E-state index < -0.39 is 75.6 Å². The van der Waals surface area contributed by atoms with Crippen molar-refractivity contribution in [1.29, 1.82) is 0 Å². The van der Waals surface area contributed by atoms with Gasteiger partial charge in [0.05, 0.1) is 24.8 Å². The Bertz CT molecular complexity index is 1070. The zero-order valence-corrected chi connectivity index (χ0v) is 17.5. The van der Waals surface area contributed by atoms with Gasteiger partial charge in [0, 0.05) is 6.07 Å². The molecular formula is C18H13ClF6O9. The molecule has 0 bridgehead atoms. The Morgan fingerprint density at radius 2 is 1.59 bits per heavy atom. The summed E-state index contributed by atoms with van der Waals surface area (Å²) in [6.45, 7) is 0. The van der Waals surface area contributed by atoms with Crippen molar-refractivity contribution >= 4 is 17.6 Å². The highest BCUT2D eigenvalue weighted by molar-refractivity contribution is 6.32. The molecule has 0 heterocycles. The van der Waals surface area contributed by atoms with E-state index in [1.807, 2.05) is 0 Å². The van der Waals surface area contributed by atoms with E-state index in [1.54, 1.807) is 0 Å². The molecule has 34 heavy (non-hydrogen) atoms. The van der Waals surface area contributed by atoms with Gasteiger partial charge in [-0.05, 0) is 12.1 Å². The molecule has 0 atom stereocenters. The first-order valence-electron chi connectivity index (χ1n) is 8.48. The first-order chi connectivity index (χ1) is 15.6. The maximum atomic E-state index is 14.6. The minimum Gasteiger partial charge on any atom is -0.495 e. The molecule has 3 N–H and O–H groups in total. The summed E-state index contributed by atoms with van der Waals surface area (Å²) >= 11 is 5.81. The van der Waals surface area contributed by atoms with Gasteiger partial charge in [-0.3, -0.25) is 0 Å². The first kappa shape index (κ1) is 27.1. The van der Waals surface area contributed by atoms with Crippen molar-refractivity contribution in [2.75, 3.05) is 14.2 Å². The highest BCUT2D eigenvalue weighted by atomic mass is 35.5. The molecule has 0 unspecified atom stereocenters. The highest BCUT2D eigenvalue weighted by Gasteiger charge is 2.36. The van der Waals surface area contributed by atoms with Gasteiger partial charge >= 0.3 is 18.5 Å². The van der Waals surface area contributed by atoms with Gasteiger partial charge in [0.2, 0.25) is 11.6 Å². The fourth-order valence-corrected chi connectivity index (χ4v) is 2.83. The zero-order chi connectivity index (χ0) is 26.0. The van der Waals surface area contributed by atoms with E-state index in [9.17, 15) is 31.1 Å². The Hall–Kier alpha value is -3.14. The van der Waals surface area contributed by atoms with Gasteiger partial charge in [0.15, 0.2) is 11.5 Å². The molecule has 0 aromatic heterocycles. The van der Waals surface area contributed by atoms with E-state index in [0.29, 0.717) is 18.2 Å². The summed E-state index contributed by atoms with van der Waals surface area (Å²) in [4.78, 5) is 12.2. The summed E-state index contributed by atoms with van der Waals surface area (Å²) in [6, 6.07) is 1.54. The minimum atomic E-state index is -5.39. The highest BCUT2D eigenvalue weighted by Crippen LogP contribution is 2.47. The molecule has 0 radical (unpaired) electrons. The summed E-state index contributed by atoms with van der Waals surface area (Å²) in [5.74, 6) is -9.03. The SMILES string of the molecule is COC(=O)c1c(Oc2ccc(OC(F)(F)F)c(F)c2OC(O)(O)O)cc(Cl)c(C(F)F)c1OC. The van der Waals surface area contributed by atoms with Crippen molar-refractivity contribution in [2.24, 2.45) is 0 Å². The Labute approximate surface area is 190 Å². The molecule has 0 spiro atoms. The van der Waals surface area contributed by atoms with Gasteiger partial charge in [-0.1, -0.05) is 11.6 Å². The summed E-state index contributed by atoms with van der Waals surface area (Å²) in [7, 11) is 1.75. The van der Waals surface area contributed by atoms with Crippen LogP contribution in [0.4, 0.5) is 26.3 Å². The van der Waals surface area contributed by atoms with Crippen LogP contribution in [0.15, 0.2) is 18.2 Å². The Balaban J connectivity index is 2.75. The van der Waals surface area contributed by atoms with Crippen LogP contribution in [-0.4, -0.2) is 48.0 Å². The van der Waals surface area contributed by atoms with E-state index in [1.165, 1.54) is 0 Å². The number of aliphatic hydroxyl groups is 3. The number of hydrogen-bond acceptors (Lipinski definition) is 9. The van der Waals surface area contributed by atoms with E-state index in [-0.39, 0.29) is 0 Å². The van der Waals surface area contributed by atoms with Crippen LogP contribution < -0.4 is 18.9 Å². The fourth-order valence-electron chi connectivity index (χ4n) is 2.57. The van der Waals surface area contributed by atoms with Gasteiger partial charge < -0.3 is 39.0 Å². The number of benzene rings is 2. The van der Waals surface area contributed by atoms with Crippen LogP contribution in [0.1, 0.15) is 22.3 Å². The molecule has 0 aliphatic heterocycles. The predicted octanol–water partition coefficient (Wildman–Crippen LogP) is 3.87. The molecule has 188 valence electrons. The lowest BCUT2D eigenvalue weighted by atomic mass is 10.1. The molecule has 0 aliphatic rings. The second kappa shape index (κ2) is 10.0. The number of rotatable bonds is 8. The fraction of sp³-hybridized carbons (Fsp3) is 0.278. The maximum absolute atomic E-state index is 14.6. The molecule has 0 fully saturated rings. The number of carbonyl (C=O) groups excluding carboxylic acids is 1. The van der Waals surface area contributed by atoms with Crippen LogP contribution in [0.2, 0.25) is 5.02 Å². The van der Waals surface area contributed by atoms with Crippen LogP contribution in [0.25, 0.3) is 0 Å². The third-order valence-electron chi connectivity index (χ3n) is 3.76. The molecule has 0 saturated carbocycles. The summed E-state index contributed by atoms with van der Waals surface area (Å²) in [5, 5.41) is 26.3. The van der Waals surface area contributed by atoms with E-state index in [4.69, 9.17) is 36.4 Å². The van der Waals surface area contributed by atoms with Crippen molar-refractivity contribution in [3.63, 3.8) is 0 Å². The van der Waals surface area contributed by atoms with Crippen molar-refractivity contribution in [3.05, 3.63) is 40.2 Å². The van der Waals surface area contributed by atoms with Crippen molar-refractivity contribution < 1.29 is 70.1 Å². The van der Waals surface area contributed by atoms with E-state index >= 15 is 0 Å². The lowest BCUT2D eigenvalue weighted by Crippen LogP contribution is -2.35.